The lowest BCUT2D eigenvalue weighted by Gasteiger charge is -2.08. The summed E-state index contributed by atoms with van der Waals surface area (Å²) in [5, 5.41) is 12.7. The summed E-state index contributed by atoms with van der Waals surface area (Å²) in [6, 6.07) is 0. The lowest BCUT2D eigenvalue weighted by molar-refractivity contribution is 0.0940. The van der Waals surface area contributed by atoms with E-state index >= 15 is 0 Å². The van der Waals surface area contributed by atoms with Crippen LogP contribution in [0.3, 0.4) is 0 Å². The van der Waals surface area contributed by atoms with Crippen molar-refractivity contribution in [2.24, 2.45) is 7.05 Å². The SMILES string of the molecule is Cn1ncc2c(Nc3cnn(C[C@H]4CCCO4)c3)ncnc21. The molecule has 0 aliphatic carbocycles. The number of hydrogen-bond acceptors (Lipinski definition) is 6. The molecular formula is C14H17N7O. The van der Waals surface area contributed by atoms with Gasteiger partial charge in [-0.25, -0.2) is 9.97 Å². The first-order valence-corrected chi connectivity index (χ1v) is 7.33. The smallest absolute Gasteiger partial charge is 0.163 e. The van der Waals surface area contributed by atoms with Crippen LogP contribution in [0, 0.1) is 0 Å². The van der Waals surface area contributed by atoms with Gasteiger partial charge >= 0.3 is 0 Å². The Morgan fingerprint density at radius 3 is 3.14 bits per heavy atom. The molecule has 8 nitrogen and oxygen atoms in total. The average Bonchev–Trinajstić information content (AvgIpc) is 3.24. The molecule has 8 heteroatoms. The molecule has 1 fully saturated rings. The van der Waals surface area contributed by atoms with E-state index in [1.54, 1.807) is 17.1 Å². The third kappa shape index (κ3) is 2.41. The van der Waals surface area contributed by atoms with E-state index in [0.29, 0.717) is 0 Å². The minimum Gasteiger partial charge on any atom is -0.376 e. The topological polar surface area (TPSA) is 82.7 Å². The van der Waals surface area contributed by atoms with Crippen molar-refractivity contribution in [3.05, 3.63) is 24.9 Å². The number of nitrogens with one attached hydrogen (secondary N) is 1. The zero-order valence-electron chi connectivity index (χ0n) is 12.3. The Morgan fingerprint density at radius 1 is 1.32 bits per heavy atom. The van der Waals surface area contributed by atoms with Crippen LogP contribution in [0.15, 0.2) is 24.9 Å². The van der Waals surface area contributed by atoms with Gasteiger partial charge in [-0.3, -0.25) is 9.36 Å². The normalized spacial score (nSPS) is 18.1. The summed E-state index contributed by atoms with van der Waals surface area (Å²) in [5.41, 5.74) is 1.69. The van der Waals surface area contributed by atoms with Crippen LogP contribution in [-0.4, -0.2) is 42.2 Å². The average molecular weight is 299 g/mol. The van der Waals surface area contributed by atoms with E-state index in [1.807, 2.05) is 17.9 Å². The summed E-state index contributed by atoms with van der Waals surface area (Å²) in [6.07, 6.45) is 9.56. The first-order chi connectivity index (χ1) is 10.8. The van der Waals surface area contributed by atoms with E-state index in [2.05, 4.69) is 25.5 Å². The quantitative estimate of drug-likeness (QED) is 0.786. The number of ether oxygens (including phenoxy) is 1. The van der Waals surface area contributed by atoms with E-state index in [9.17, 15) is 0 Å². The van der Waals surface area contributed by atoms with Crippen molar-refractivity contribution >= 4 is 22.5 Å². The fraction of sp³-hybridized carbons (Fsp3) is 0.429. The lowest BCUT2D eigenvalue weighted by Crippen LogP contribution is -2.15. The zero-order valence-corrected chi connectivity index (χ0v) is 12.3. The second kappa shape index (κ2) is 5.38. The van der Waals surface area contributed by atoms with Gasteiger partial charge in [0.25, 0.3) is 0 Å². The van der Waals surface area contributed by atoms with E-state index < -0.39 is 0 Å². The molecule has 0 saturated carbocycles. The highest BCUT2D eigenvalue weighted by molar-refractivity contribution is 5.87. The van der Waals surface area contributed by atoms with Crippen LogP contribution in [0.1, 0.15) is 12.8 Å². The van der Waals surface area contributed by atoms with E-state index in [0.717, 1.165) is 48.5 Å². The van der Waals surface area contributed by atoms with Crippen molar-refractivity contribution in [2.45, 2.75) is 25.5 Å². The van der Waals surface area contributed by atoms with Gasteiger partial charge in [0.2, 0.25) is 0 Å². The van der Waals surface area contributed by atoms with Crippen LogP contribution >= 0.6 is 0 Å². The summed E-state index contributed by atoms with van der Waals surface area (Å²) in [4.78, 5) is 8.52. The second-order valence-corrected chi connectivity index (χ2v) is 5.44. The van der Waals surface area contributed by atoms with E-state index in [1.165, 1.54) is 6.33 Å². The third-order valence-corrected chi connectivity index (χ3v) is 3.84. The predicted molar refractivity (Wildman–Crippen MR) is 80.8 cm³/mol. The van der Waals surface area contributed by atoms with Gasteiger partial charge in [0.05, 0.1) is 36.1 Å². The highest BCUT2D eigenvalue weighted by Crippen LogP contribution is 2.22. The maximum atomic E-state index is 5.63. The molecular weight excluding hydrogens is 282 g/mol. The molecule has 3 aromatic heterocycles. The largest absolute Gasteiger partial charge is 0.376 e. The summed E-state index contributed by atoms with van der Waals surface area (Å²) in [6.45, 7) is 1.64. The van der Waals surface area contributed by atoms with Crippen molar-refractivity contribution < 1.29 is 4.74 Å². The standard InChI is InChI=1S/C14H17N7O/c1-20-14-12(6-17-20)13(15-9-16-14)19-10-5-18-21(7-10)8-11-3-2-4-22-11/h5-7,9,11H,2-4,8H2,1H3,(H,15,16,19)/t11-/m1/s1. The number of aromatic nitrogens is 6. The molecule has 4 heterocycles. The molecule has 22 heavy (non-hydrogen) atoms. The Balaban J connectivity index is 1.54. The fourth-order valence-electron chi connectivity index (χ4n) is 2.72. The van der Waals surface area contributed by atoms with Crippen molar-refractivity contribution in [3.8, 4) is 0 Å². The molecule has 1 aliphatic rings. The monoisotopic (exact) mass is 299 g/mol. The zero-order chi connectivity index (χ0) is 14.9. The van der Waals surface area contributed by atoms with Crippen LogP contribution < -0.4 is 5.32 Å². The number of anilines is 2. The van der Waals surface area contributed by atoms with Gasteiger partial charge in [-0.2, -0.15) is 10.2 Å². The van der Waals surface area contributed by atoms with Crippen LogP contribution in [-0.2, 0) is 18.3 Å². The number of rotatable bonds is 4. The van der Waals surface area contributed by atoms with Gasteiger partial charge < -0.3 is 10.1 Å². The second-order valence-electron chi connectivity index (χ2n) is 5.44. The summed E-state index contributed by atoms with van der Waals surface area (Å²) in [7, 11) is 1.86. The number of hydrogen-bond donors (Lipinski definition) is 1. The Bertz CT molecular complexity index is 787. The maximum Gasteiger partial charge on any atom is 0.163 e. The van der Waals surface area contributed by atoms with Crippen LogP contribution in [0.25, 0.3) is 11.0 Å². The number of nitrogens with zero attached hydrogens (tertiary/aromatic N) is 6. The van der Waals surface area contributed by atoms with Gasteiger partial charge in [-0.1, -0.05) is 0 Å². The molecule has 0 amide bonds. The van der Waals surface area contributed by atoms with Gasteiger partial charge in [0, 0.05) is 19.9 Å². The molecule has 114 valence electrons. The molecule has 1 aliphatic heterocycles. The molecule has 0 aromatic carbocycles. The van der Waals surface area contributed by atoms with Gasteiger partial charge in [-0.05, 0) is 12.8 Å². The van der Waals surface area contributed by atoms with Crippen molar-refractivity contribution in [1.82, 2.24) is 29.5 Å². The maximum absolute atomic E-state index is 5.63. The molecule has 1 atom stereocenters. The van der Waals surface area contributed by atoms with Crippen LogP contribution in [0.4, 0.5) is 11.5 Å². The first kappa shape index (κ1) is 13.2. The predicted octanol–water partition coefficient (Wildman–Crippen LogP) is 1.48. The molecule has 1 saturated heterocycles. The highest BCUT2D eigenvalue weighted by Gasteiger charge is 2.16. The first-order valence-electron chi connectivity index (χ1n) is 7.33. The summed E-state index contributed by atoms with van der Waals surface area (Å²) in [5.74, 6) is 0.731. The number of aryl methyl sites for hydroxylation is 1. The van der Waals surface area contributed by atoms with Crippen molar-refractivity contribution in [3.63, 3.8) is 0 Å². The summed E-state index contributed by atoms with van der Waals surface area (Å²) >= 11 is 0. The Morgan fingerprint density at radius 2 is 2.27 bits per heavy atom. The highest BCUT2D eigenvalue weighted by atomic mass is 16.5. The lowest BCUT2D eigenvalue weighted by atomic mass is 10.2. The molecule has 0 spiro atoms. The van der Waals surface area contributed by atoms with Crippen LogP contribution in [0.2, 0.25) is 0 Å². The fourth-order valence-corrected chi connectivity index (χ4v) is 2.72. The molecule has 0 unspecified atom stereocenters. The molecule has 3 aromatic rings. The minimum atomic E-state index is 0.275. The van der Waals surface area contributed by atoms with Crippen LogP contribution in [0.5, 0.6) is 0 Å². The van der Waals surface area contributed by atoms with Gasteiger partial charge in [-0.15, -0.1) is 0 Å². The van der Waals surface area contributed by atoms with E-state index in [4.69, 9.17) is 4.74 Å². The molecule has 4 rings (SSSR count). The van der Waals surface area contributed by atoms with Crippen molar-refractivity contribution in [1.29, 1.82) is 0 Å². The Kier molecular flexibility index (Phi) is 3.23. The Hall–Kier alpha value is -2.48. The van der Waals surface area contributed by atoms with E-state index in [-0.39, 0.29) is 6.10 Å². The molecule has 0 radical (unpaired) electrons. The molecule has 0 bridgehead atoms. The van der Waals surface area contributed by atoms with Gasteiger partial charge in [0.1, 0.15) is 12.1 Å². The van der Waals surface area contributed by atoms with Crippen molar-refractivity contribution in [2.75, 3.05) is 11.9 Å². The van der Waals surface area contributed by atoms with Gasteiger partial charge in [0.15, 0.2) is 5.65 Å². The minimum absolute atomic E-state index is 0.275. The molecule has 1 N–H and O–H groups in total. The third-order valence-electron chi connectivity index (χ3n) is 3.84. The Labute approximate surface area is 127 Å². The summed E-state index contributed by atoms with van der Waals surface area (Å²) < 4.78 is 9.26. The number of fused-ring (bicyclic) bond motifs is 1.